The fourth-order valence-corrected chi connectivity index (χ4v) is 7.61. The van der Waals surface area contributed by atoms with Crippen molar-refractivity contribution in [3.8, 4) is 0 Å². The summed E-state index contributed by atoms with van der Waals surface area (Å²) in [5.41, 5.74) is 1.79. The van der Waals surface area contributed by atoms with Crippen molar-refractivity contribution < 1.29 is 31.9 Å². The van der Waals surface area contributed by atoms with E-state index in [2.05, 4.69) is 5.32 Å². The molecule has 8 nitrogen and oxygen atoms in total. The molecule has 2 N–H and O–H groups in total. The second-order valence-corrected chi connectivity index (χ2v) is 13.6. The minimum Gasteiger partial charge on any atom is -0.478 e. The number of anilines is 1. The molecule has 6 aromatic carbocycles. The van der Waals surface area contributed by atoms with E-state index in [4.69, 9.17) is 5.10 Å². The van der Waals surface area contributed by atoms with E-state index in [1.165, 1.54) is 36.4 Å². The zero-order valence-corrected chi connectivity index (χ0v) is 27.4. The summed E-state index contributed by atoms with van der Waals surface area (Å²) in [6.07, 6.45) is 0. The van der Waals surface area contributed by atoms with Crippen LogP contribution in [0.4, 0.5) is 14.6 Å². The van der Waals surface area contributed by atoms with Crippen LogP contribution in [0.15, 0.2) is 161 Å². The van der Waals surface area contributed by atoms with Crippen molar-refractivity contribution in [3.05, 3.63) is 191 Å². The van der Waals surface area contributed by atoms with Crippen molar-refractivity contribution in [3.63, 3.8) is 0 Å². The third-order valence-electron chi connectivity index (χ3n) is 8.63. The Labute approximate surface area is 291 Å². The zero-order valence-electron chi connectivity index (χ0n) is 26.6. The van der Waals surface area contributed by atoms with Gasteiger partial charge in [-0.3, -0.25) is 4.79 Å². The number of fused-ring (bicyclic) bond motifs is 1. The number of carboxylic acid groups (broad SMARTS) is 1. The number of nitrogens with one attached hydrogen (secondary N) is 1. The lowest BCUT2D eigenvalue weighted by atomic mass is 9.77. The first kappa shape index (κ1) is 33.1. The monoisotopic (exact) mass is 699 g/mol. The molecule has 0 saturated heterocycles. The summed E-state index contributed by atoms with van der Waals surface area (Å²) in [5, 5.41) is 17.3. The van der Waals surface area contributed by atoms with Crippen LogP contribution in [0, 0.1) is 11.6 Å². The number of carbonyl (C=O) groups is 2. The highest BCUT2D eigenvalue weighted by molar-refractivity contribution is 7.91. The lowest BCUT2D eigenvalue weighted by molar-refractivity contribution is 0.0696. The van der Waals surface area contributed by atoms with Gasteiger partial charge in [-0.2, -0.15) is 5.10 Å². The Morgan fingerprint density at radius 2 is 1.12 bits per heavy atom. The van der Waals surface area contributed by atoms with Crippen LogP contribution in [-0.2, 0) is 15.4 Å². The molecular formula is C40H27F2N3O5S. The number of carboxylic acids is 1. The van der Waals surface area contributed by atoms with E-state index in [0.717, 1.165) is 28.8 Å². The third kappa shape index (κ3) is 5.93. The van der Waals surface area contributed by atoms with E-state index >= 15 is 0 Å². The highest BCUT2D eigenvalue weighted by Crippen LogP contribution is 2.44. The molecule has 11 heteroatoms. The third-order valence-corrected chi connectivity index (χ3v) is 10.4. The Bertz CT molecular complexity index is 2410. The molecule has 0 bridgehead atoms. The van der Waals surface area contributed by atoms with Gasteiger partial charge in [0.15, 0.2) is 5.82 Å². The highest BCUT2D eigenvalue weighted by Gasteiger charge is 2.41. The van der Waals surface area contributed by atoms with Gasteiger partial charge in [0.1, 0.15) is 17.2 Å². The number of sulfone groups is 1. The number of nitrogens with zero attached hydrogens (tertiary/aromatic N) is 2. The lowest BCUT2D eigenvalue weighted by Gasteiger charge is -2.37. The van der Waals surface area contributed by atoms with Crippen molar-refractivity contribution in [2.45, 2.75) is 15.3 Å². The fraction of sp³-hybridized carbons (Fsp3) is 0.0250. The van der Waals surface area contributed by atoms with Crippen LogP contribution < -0.4 is 5.32 Å². The molecule has 0 spiro atoms. The summed E-state index contributed by atoms with van der Waals surface area (Å²) in [7, 11) is -4.45. The number of hydrogen-bond donors (Lipinski definition) is 2. The molecule has 1 heterocycles. The Morgan fingerprint density at radius 1 is 0.627 bits per heavy atom. The molecule has 0 radical (unpaired) electrons. The number of hydrogen-bond acceptors (Lipinski definition) is 5. The van der Waals surface area contributed by atoms with E-state index in [1.807, 2.05) is 91.0 Å². The molecule has 7 rings (SSSR count). The van der Waals surface area contributed by atoms with E-state index < -0.39 is 43.8 Å². The summed E-state index contributed by atoms with van der Waals surface area (Å²) in [6, 6.07) is 40.3. The van der Waals surface area contributed by atoms with Crippen LogP contribution in [0.3, 0.4) is 0 Å². The van der Waals surface area contributed by atoms with E-state index in [1.54, 1.807) is 10.7 Å². The van der Waals surface area contributed by atoms with E-state index in [0.29, 0.717) is 11.6 Å². The number of halogens is 2. The van der Waals surface area contributed by atoms with Gasteiger partial charge in [0, 0.05) is 17.0 Å². The van der Waals surface area contributed by atoms with Crippen LogP contribution in [-0.4, -0.2) is 35.2 Å². The predicted molar refractivity (Wildman–Crippen MR) is 188 cm³/mol. The Balaban J connectivity index is 1.52. The minimum absolute atomic E-state index is 0.00745. The summed E-state index contributed by atoms with van der Waals surface area (Å²) < 4.78 is 57.7. The molecule has 1 amide bonds. The molecular weight excluding hydrogens is 673 g/mol. The molecule has 252 valence electrons. The Morgan fingerprint density at radius 3 is 1.61 bits per heavy atom. The molecule has 0 saturated carbocycles. The van der Waals surface area contributed by atoms with Crippen LogP contribution >= 0.6 is 0 Å². The average Bonchev–Trinajstić information content (AvgIpc) is 3.50. The van der Waals surface area contributed by atoms with Gasteiger partial charge in [-0.05, 0) is 71.3 Å². The second kappa shape index (κ2) is 13.1. The van der Waals surface area contributed by atoms with Crippen molar-refractivity contribution in [2.75, 3.05) is 5.32 Å². The number of aromatic nitrogens is 2. The van der Waals surface area contributed by atoms with Gasteiger partial charge in [0.05, 0.1) is 20.9 Å². The van der Waals surface area contributed by atoms with Gasteiger partial charge in [0.25, 0.3) is 5.91 Å². The normalized spacial score (nSPS) is 11.7. The fourth-order valence-electron chi connectivity index (χ4n) is 6.28. The SMILES string of the molecule is O=C(O)c1ccc(C(=O)Nc2nn(C(c3ccccc3)(c3ccccc3)c3ccccc3)c3ccc(S(=O)(=O)c4cc(F)cc(F)c4)cc23)cc1. The summed E-state index contributed by atoms with van der Waals surface area (Å²) >= 11 is 0. The van der Waals surface area contributed by atoms with Crippen molar-refractivity contribution >= 4 is 38.4 Å². The Hall–Kier alpha value is -6.46. The van der Waals surface area contributed by atoms with Crippen molar-refractivity contribution in [1.82, 2.24) is 9.78 Å². The van der Waals surface area contributed by atoms with E-state index in [9.17, 15) is 31.9 Å². The Kier molecular flexibility index (Phi) is 8.49. The summed E-state index contributed by atoms with van der Waals surface area (Å²) in [4.78, 5) is 24.2. The van der Waals surface area contributed by atoms with Gasteiger partial charge < -0.3 is 10.4 Å². The zero-order chi connectivity index (χ0) is 35.8. The molecule has 51 heavy (non-hydrogen) atoms. The summed E-state index contributed by atoms with van der Waals surface area (Å²) in [6.45, 7) is 0. The van der Waals surface area contributed by atoms with E-state index in [-0.39, 0.29) is 27.2 Å². The predicted octanol–water partition coefficient (Wildman–Crippen LogP) is 7.94. The van der Waals surface area contributed by atoms with Gasteiger partial charge >= 0.3 is 5.97 Å². The van der Waals surface area contributed by atoms with Crippen LogP contribution in [0.25, 0.3) is 10.9 Å². The molecule has 7 aromatic rings. The minimum atomic E-state index is -4.45. The lowest BCUT2D eigenvalue weighted by Crippen LogP contribution is -2.38. The maximum Gasteiger partial charge on any atom is 0.335 e. The highest BCUT2D eigenvalue weighted by atomic mass is 32.2. The average molecular weight is 700 g/mol. The van der Waals surface area contributed by atoms with Crippen LogP contribution in [0.1, 0.15) is 37.4 Å². The van der Waals surface area contributed by atoms with Gasteiger partial charge in [-0.1, -0.05) is 91.0 Å². The standard InChI is InChI=1S/C40H27F2N3O5S/c41-31-22-32(42)24-34(23-31)51(49,50)33-20-21-36-35(25-33)37(43-38(46)26-16-18-27(19-17-26)39(47)48)44-45(36)40(28-10-4-1-5-11-28,29-12-6-2-7-13-29)30-14-8-3-9-15-30/h1-25H,(H,47,48)(H,43,44,46). The molecule has 0 aliphatic carbocycles. The summed E-state index contributed by atoms with van der Waals surface area (Å²) in [5.74, 6) is -3.90. The van der Waals surface area contributed by atoms with Crippen molar-refractivity contribution in [1.29, 1.82) is 0 Å². The maximum atomic E-state index is 14.2. The van der Waals surface area contributed by atoms with Gasteiger partial charge in [0.2, 0.25) is 9.84 Å². The quantitative estimate of drug-likeness (QED) is 0.148. The van der Waals surface area contributed by atoms with Gasteiger partial charge in [-0.15, -0.1) is 0 Å². The number of rotatable bonds is 9. The second-order valence-electron chi connectivity index (χ2n) is 11.7. The number of aromatic carboxylic acids is 1. The molecule has 0 aliphatic heterocycles. The van der Waals surface area contributed by atoms with Crippen LogP contribution in [0.2, 0.25) is 0 Å². The number of carbonyl (C=O) groups excluding carboxylic acids is 1. The first-order valence-electron chi connectivity index (χ1n) is 15.6. The topological polar surface area (TPSA) is 118 Å². The van der Waals surface area contributed by atoms with Gasteiger partial charge in [-0.25, -0.2) is 26.7 Å². The molecule has 1 aromatic heterocycles. The number of amides is 1. The molecule has 0 atom stereocenters. The molecule has 0 fully saturated rings. The smallest absolute Gasteiger partial charge is 0.335 e. The van der Waals surface area contributed by atoms with Crippen molar-refractivity contribution in [2.24, 2.45) is 0 Å². The maximum absolute atomic E-state index is 14.2. The first-order chi connectivity index (χ1) is 24.6. The van der Waals surface area contributed by atoms with Crippen LogP contribution in [0.5, 0.6) is 0 Å². The first-order valence-corrected chi connectivity index (χ1v) is 17.1. The molecule has 0 aliphatic rings. The number of benzene rings is 6. The largest absolute Gasteiger partial charge is 0.478 e. The molecule has 0 unspecified atom stereocenters.